The van der Waals surface area contributed by atoms with E-state index in [4.69, 9.17) is 5.10 Å². The molecule has 1 spiro atoms. The lowest BCUT2D eigenvalue weighted by Gasteiger charge is -2.37. The largest absolute Gasteiger partial charge is 0.416 e. The number of rotatable bonds is 9. The van der Waals surface area contributed by atoms with E-state index in [1.807, 2.05) is 4.68 Å². The van der Waals surface area contributed by atoms with Crippen molar-refractivity contribution in [3.05, 3.63) is 76.2 Å². The average molecular weight is 691 g/mol. The first kappa shape index (κ1) is 34.1. The highest BCUT2D eigenvalue weighted by atomic mass is 32.2. The fourth-order valence-electron chi connectivity index (χ4n) is 7.05. The molecule has 3 aliphatic heterocycles. The number of carbonyl (C=O) groups excluding carboxylic acids is 2. The van der Waals surface area contributed by atoms with E-state index in [0.717, 1.165) is 82.0 Å². The molecular weight excluding hydrogens is 652 g/mol. The Hall–Kier alpha value is -3.82. The van der Waals surface area contributed by atoms with E-state index < -0.39 is 40.0 Å². The van der Waals surface area contributed by atoms with Gasteiger partial charge in [-0.2, -0.15) is 22.6 Å². The fraction of sp³-hybridized carbons (Fsp3) is 0.485. The maximum Gasteiger partial charge on any atom is 0.416 e. The second kappa shape index (κ2) is 13.2. The Morgan fingerprint density at radius 2 is 1.77 bits per heavy atom. The monoisotopic (exact) mass is 690 g/mol. The SMILES string of the molecule is CS(=O)(=O)N1CCc2c(c(-c3ccc(C(F)(F)F)c(CNC(=O)c4ccc(F)cc4)c3)nn2CCCN2CCC3(CCNC3=O)CC2)C1. The van der Waals surface area contributed by atoms with E-state index >= 15 is 0 Å². The van der Waals surface area contributed by atoms with E-state index in [0.29, 0.717) is 29.8 Å². The van der Waals surface area contributed by atoms with Crippen LogP contribution >= 0.6 is 0 Å². The first-order valence-electron chi connectivity index (χ1n) is 16.0. The summed E-state index contributed by atoms with van der Waals surface area (Å²) < 4.78 is 83.6. The van der Waals surface area contributed by atoms with Crippen molar-refractivity contribution in [1.29, 1.82) is 0 Å². The summed E-state index contributed by atoms with van der Waals surface area (Å²) in [7, 11) is -3.54. The van der Waals surface area contributed by atoms with Crippen LogP contribution in [0, 0.1) is 11.2 Å². The summed E-state index contributed by atoms with van der Waals surface area (Å²) in [5, 5.41) is 10.3. The van der Waals surface area contributed by atoms with Gasteiger partial charge in [-0.25, -0.2) is 12.8 Å². The number of fused-ring (bicyclic) bond motifs is 1. The molecule has 2 saturated heterocycles. The number of piperidine rings is 1. The van der Waals surface area contributed by atoms with Crippen molar-refractivity contribution in [3.63, 3.8) is 0 Å². The molecule has 258 valence electrons. The molecule has 6 rings (SSSR count). The molecule has 4 heterocycles. The van der Waals surface area contributed by atoms with Crippen molar-refractivity contribution < 1.29 is 35.6 Å². The molecule has 10 nitrogen and oxygen atoms in total. The van der Waals surface area contributed by atoms with Gasteiger partial charge in [0.1, 0.15) is 5.82 Å². The molecule has 2 N–H and O–H groups in total. The number of hydrogen-bond donors (Lipinski definition) is 2. The minimum absolute atomic E-state index is 0.0391. The maximum atomic E-state index is 14.1. The Kier molecular flexibility index (Phi) is 9.39. The van der Waals surface area contributed by atoms with E-state index in [-0.39, 0.29) is 35.5 Å². The van der Waals surface area contributed by atoms with E-state index in [9.17, 15) is 35.6 Å². The smallest absolute Gasteiger partial charge is 0.356 e. The van der Waals surface area contributed by atoms with Gasteiger partial charge in [0, 0.05) is 61.5 Å². The second-order valence-electron chi connectivity index (χ2n) is 12.9. The summed E-state index contributed by atoms with van der Waals surface area (Å²) in [4.78, 5) is 27.3. The summed E-state index contributed by atoms with van der Waals surface area (Å²) in [6, 6.07) is 8.28. The highest BCUT2D eigenvalue weighted by Crippen LogP contribution is 2.39. The molecule has 3 aromatic rings. The summed E-state index contributed by atoms with van der Waals surface area (Å²) in [5.41, 5.74) is 0.991. The number of alkyl halides is 3. The molecule has 2 fully saturated rings. The molecule has 0 bridgehead atoms. The number of benzene rings is 2. The molecule has 0 unspecified atom stereocenters. The van der Waals surface area contributed by atoms with Crippen LogP contribution in [0.25, 0.3) is 11.3 Å². The van der Waals surface area contributed by atoms with Crippen LogP contribution in [0.1, 0.15) is 58.4 Å². The topological polar surface area (TPSA) is 117 Å². The average Bonchev–Trinajstić information content (AvgIpc) is 3.59. The zero-order valence-corrected chi connectivity index (χ0v) is 27.4. The molecule has 3 aliphatic rings. The standard InChI is InChI=1S/C33H38F4N6O4S/c1-48(46,47)42-16-9-28-26(21-42)29(40-43(28)15-2-14-41-17-11-32(12-18-41)10-13-38-31(32)45)23-5-8-27(33(35,36)37)24(19-23)20-39-30(44)22-3-6-25(34)7-4-22/h3-8,19H,2,9-18,20-21H2,1H3,(H,38,45)(H,39,44). The number of aromatic nitrogens is 2. The summed E-state index contributed by atoms with van der Waals surface area (Å²) >= 11 is 0. The summed E-state index contributed by atoms with van der Waals surface area (Å²) in [6.07, 6.45) is 0.0904. The Balaban J connectivity index is 1.24. The molecule has 0 atom stereocenters. The zero-order chi connectivity index (χ0) is 34.3. The van der Waals surface area contributed by atoms with E-state index in [1.54, 1.807) is 0 Å². The number of nitrogens with one attached hydrogen (secondary N) is 2. The van der Waals surface area contributed by atoms with Gasteiger partial charge in [0.2, 0.25) is 15.9 Å². The van der Waals surface area contributed by atoms with Crippen LogP contribution in [0.15, 0.2) is 42.5 Å². The molecule has 1 aromatic heterocycles. The first-order valence-corrected chi connectivity index (χ1v) is 17.9. The molecule has 0 saturated carbocycles. The lowest BCUT2D eigenvalue weighted by Crippen LogP contribution is -2.44. The predicted molar refractivity (Wildman–Crippen MR) is 170 cm³/mol. The van der Waals surface area contributed by atoms with E-state index in [1.165, 1.54) is 28.6 Å². The van der Waals surface area contributed by atoms with Crippen LogP contribution in [-0.2, 0) is 47.0 Å². The number of carbonyl (C=O) groups is 2. The zero-order valence-electron chi connectivity index (χ0n) is 26.6. The molecule has 0 aliphatic carbocycles. The Morgan fingerprint density at radius 3 is 2.42 bits per heavy atom. The first-order chi connectivity index (χ1) is 22.7. The van der Waals surface area contributed by atoms with Crippen LogP contribution < -0.4 is 10.6 Å². The highest BCUT2D eigenvalue weighted by molar-refractivity contribution is 7.88. The molecule has 0 radical (unpaired) electrons. The van der Waals surface area contributed by atoms with Gasteiger partial charge >= 0.3 is 6.18 Å². The molecule has 2 aromatic carbocycles. The highest BCUT2D eigenvalue weighted by Gasteiger charge is 2.44. The van der Waals surface area contributed by atoms with E-state index in [2.05, 4.69) is 15.5 Å². The lowest BCUT2D eigenvalue weighted by atomic mass is 9.77. The minimum Gasteiger partial charge on any atom is -0.356 e. The molecule has 2 amide bonds. The normalized spacial score (nSPS) is 18.6. The van der Waals surface area contributed by atoms with Crippen LogP contribution in [-0.4, -0.2) is 78.2 Å². The van der Waals surface area contributed by atoms with Crippen molar-refractivity contribution in [2.75, 3.05) is 39.0 Å². The minimum atomic E-state index is -4.70. The van der Waals surface area contributed by atoms with Gasteiger partial charge in [-0.3, -0.25) is 14.3 Å². The van der Waals surface area contributed by atoms with Crippen molar-refractivity contribution in [2.24, 2.45) is 5.41 Å². The molecule has 48 heavy (non-hydrogen) atoms. The number of aryl methyl sites for hydroxylation is 1. The Bertz CT molecular complexity index is 1800. The quantitative estimate of drug-likeness (QED) is 0.329. The van der Waals surface area contributed by atoms with Crippen molar-refractivity contribution in [3.8, 4) is 11.3 Å². The number of nitrogens with zero attached hydrogens (tertiary/aromatic N) is 4. The van der Waals surface area contributed by atoms with Crippen LogP contribution in [0.5, 0.6) is 0 Å². The molecule has 15 heteroatoms. The third-order valence-electron chi connectivity index (χ3n) is 9.83. The maximum absolute atomic E-state index is 14.1. The van der Waals surface area contributed by atoms with Gasteiger partial charge in [-0.1, -0.05) is 6.07 Å². The summed E-state index contributed by atoms with van der Waals surface area (Å²) in [5.74, 6) is -1.05. The summed E-state index contributed by atoms with van der Waals surface area (Å²) in [6.45, 7) is 3.55. The van der Waals surface area contributed by atoms with Gasteiger partial charge in [0.15, 0.2) is 0 Å². The lowest BCUT2D eigenvalue weighted by molar-refractivity contribution is -0.138. The van der Waals surface area contributed by atoms with Crippen LogP contribution in [0.2, 0.25) is 0 Å². The fourth-order valence-corrected chi connectivity index (χ4v) is 7.84. The Labute approximate surface area is 276 Å². The van der Waals surface area contributed by atoms with Crippen molar-refractivity contribution >= 4 is 21.8 Å². The van der Waals surface area contributed by atoms with Crippen molar-refractivity contribution in [2.45, 2.75) is 57.9 Å². The third-order valence-corrected chi connectivity index (χ3v) is 11.1. The number of amides is 2. The van der Waals surface area contributed by atoms with Gasteiger partial charge in [-0.15, -0.1) is 0 Å². The second-order valence-corrected chi connectivity index (χ2v) is 14.9. The number of hydrogen-bond acceptors (Lipinski definition) is 6. The van der Waals surface area contributed by atoms with Crippen LogP contribution in [0.3, 0.4) is 0 Å². The third kappa shape index (κ3) is 7.13. The predicted octanol–water partition coefficient (Wildman–Crippen LogP) is 3.95. The van der Waals surface area contributed by atoms with Gasteiger partial charge in [0.25, 0.3) is 5.91 Å². The van der Waals surface area contributed by atoms with Gasteiger partial charge < -0.3 is 15.5 Å². The van der Waals surface area contributed by atoms with Gasteiger partial charge in [0.05, 0.1) is 22.9 Å². The number of halogens is 4. The van der Waals surface area contributed by atoms with Crippen LogP contribution in [0.4, 0.5) is 17.6 Å². The molecular formula is C33H38F4N6O4S. The van der Waals surface area contributed by atoms with Gasteiger partial charge in [-0.05, 0) is 87.3 Å². The Morgan fingerprint density at radius 1 is 1.04 bits per heavy atom. The number of likely N-dealkylation sites (tertiary alicyclic amines) is 1. The number of sulfonamides is 1. The van der Waals surface area contributed by atoms with Crippen molar-refractivity contribution in [1.82, 2.24) is 29.6 Å².